The van der Waals surface area contributed by atoms with Crippen molar-refractivity contribution in [3.8, 4) is 5.69 Å². The minimum atomic E-state index is -0.193. The van der Waals surface area contributed by atoms with E-state index in [4.69, 9.17) is 0 Å². The highest BCUT2D eigenvalue weighted by atomic mass is 16.1. The summed E-state index contributed by atoms with van der Waals surface area (Å²) in [5, 5.41) is 9.71. The molecule has 6 heteroatoms. The van der Waals surface area contributed by atoms with E-state index >= 15 is 0 Å². The van der Waals surface area contributed by atoms with Gasteiger partial charge in [-0.2, -0.15) is 0 Å². The van der Waals surface area contributed by atoms with Gasteiger partial charge < -0.3 is 10.6 Å². The van der Waals surface area contributed by atoms with E-state index in [0.29, 0.717) is 16.3 Å². The van der Waals surface area contributed by atoms with Gasteiger partial charge >= 0.3 is 0 Å². The van der Waals surface area contributed by atoms with Gasteiger partial charge in [-0.3, -0.25) is 14.7 Å². The lowest BCUT2D eigenvalue weighted by molar-refractivity contribution is -0.114. The average molecular weight is 334 g/mol. The average Bonchev–Trinajstić information content (AvgIpc) is 2.88. The molecule has 0 unspecified atom stereocenters. The summed E-state index contributed by atoms with van der Waals surface area (Å²) in [6.45, 7) is 5.34. The molecule has 0 aliphatic rings. The highest BCUT2D eigenvalue weighted by Crippen LogP contribution is 2.14. The fourth-order valence-electron chi connectivity index (χ4n) is 2.45. The number of aromatic amines is 1. The van der Waals surface area contributed by atoms with Crippen LogP contribution >= 0.6 is 0 Å². The minimum Gasteiger partial charge on any atom is -0.361 e. The van der Waals surface area contributed by atoms with Crippen LogP contribution in [0.2, 0.25) is 0 Å². The third-order valence-electron chi connectivity index (χ3n) is 3.59. The van der Waals surface area contributed by atoms with Gasteiger partial charge in [-0.25, -0.2) is 4.68 Å². The number of hydrogen-bond donors (Lipinski definition) is 3. The SMILES string of the molecule is C=c1[nH]n(-c2ccccc2)c(=O)/c1=C\Nc1cccc(NC(C)=O)c1. The summed E-state index contributed by atoms with van der Waals surface area (Å²) in [5.41, 5.74) is 1.97. The number of hydrogen-bond acceptors (Lipinski definition) is 3. The van der Waals surface area contributed by atoms with Gasteiger partial charge in [0.25, 0.3) is 5.56 Å². The standard InChI is InChI=1S/C19H18N4O2/c1-13-18(19(25)23(22-13)17-9-4-3-5-10-17)12-20-15-7-6-8-16(11-15)21-14(2)24/h3-12,20,22H,1H2,2H3,(H,21,24)/b18-12-. The van der Waals surface area contributed by atoms with Crippen LogP contribution in [0.5, 0.6) is 0 Å². The van der Waals surface area contributed by atoms with E-state index in [0.717, 1.165) is 11.4 Å². The first-order valence-corrected chi connectivity index (χ1v) is 7.74. The number of nitrogens with one attached hydrogen (secondary N) is 3. The van der Waals surface area contributed by atoms with E-state index in [1.165, 1.54) is 11.6 Å². The second-order valence-corrected chi connectivity index (χ2v) is 5.53. The molecule has 0 radical (unpaired) electrons. The number of nitrogens with zero attached hydrogens (tertiary/aromatic N) is 1. The highest BCUT2D eigenvalue weighted by Gasteiger charge is 2.04. The molecule has 3 aromatic rings. The van der Waals surface area contributed by atoms with Gasteiger partial charge in [-0.15, -0.1) is 0 Å². The van der Waals surface area contributed by atoms with Gasteiger partial charge in [0, 0.05) is 24.5 Å². The van der Waals surface area contributed by atoms with E-state index in [9.17, 15) is 9.59 Å². The molecule has 0 aliphatic heterocycles. The Balaban J connectivity index is 1.93. The fraction of sp³-hybridized carbons (Fsp3) is 0.0526. The third kappa shape index (κ3) is 3.69. The molecule has 0 fully saturated rings. The second kappa shape index (κ2) is 6.92. The van der Waals surface area contributed by atoms with Crippen LogP contribution in [-0.2, 0) is 4.79 Å². The normalized spacial score (nSPS) is 11.3. The van der Waals surface area contributed by atoms with Gasteiger partial charge in [-0.1, -0.05) is 30.8 Å². The fourth-order valence-corrected chi connectivity index (χ4v) is 2.45. The highest BCUT2D eigenvalue weighted by molar-refractivity contribution is 5.89. The summed E-state index contributed by atoms with van der Waals surface area (Å²) in [4.78, 5) is 23.7. The Bertz CT molecular complexity index is 1060. The maximum atomic E-state index is 12.6. The third-order valence-corrected chi connectivity index (χ3v) is 3.59. The van der Waals surface area contributed by atoms with Crippen LogP contribution < -0.4 is 26.8 Å². The van der Waals surface area contributed by atoms with Crippen molar-refractivity contribution in [3.63, 3.8) is 0 Å². The summed E-state index contributed by atoms with van der Waals surface area (Å²) < 4.78 is 1.45. The summed E-state index contributed by atoms with van der Waals surface area (Å²) in [7, 11) is 0. The zero-order valence-corrected chi connectivity index (χ0v) is 13.7. The Hall–Kier alpha value is -3.54. The number of rotatable bonds is 4. The first kappa shape index (κ1) is 16.3. The van der Waals surface area contributed by atoms with Crippen LogP contribution in [0, 0.1) is 0 Å². The Labute approximate surface area is 144 Å². The molecule has 0 atom stereocenters. The molecular formula is C19H18N4O2. The Morgan fingerprint density at radius 1 is 1.12 bits per heavy atom. The largest absolute Gasteiger partial charge is 0.361 e. The molecule has 2 aromatic carbocycles. The quantitative estimate of drug-likeness (QED) is 0.674. The molecule has 6 nitrogen and oxygen atoms in total. The molecule has 1 amide bonds. The summed E-state index contributed by atoms with van der Waals surface area (Å²) >= 11 is 0. The maximum absolute atomic E-state index is 12.6. The van der Waals surface area contributed by atoms with Crippen molar-refractivity contribution in [1.29, 1.82) is 0 Å². The smallest absolute Gasteiger partial charge is 0.280 e. The zero-order chi connectivity index (χ0) is 17.8. The monoisotopic (exact) mass is 334 g/mol. The maximum Gasteiger partial charge on any atom is 0.280 e. The lowest BCUT2D eigenvalue weighted by Gasteiger charge is -2.05. The molecule has 0 spiro atoms. The number of amides is 1. The molecule has 1 aromatic heterocycles. The number of H-pyrrole nitrogens is 1. The summed E-state index contributed by atoms with van der Waals surface area (Å²) in [6.07, 6.45) is 1.60. The summed E-state index contributed by atoms with van der Waals surface area (Å²) in [5.74, 6) is -0.141. The van der Waals surface area contributed by atoms with Gasteiger partial charge in [0.05, 0.1) is 16.3 Å². The topological polar surface area (TPSA) is 78.9 Å². The van der Waals surface area contributed by atoms with Crippen molar-refractivity contribution in [2.45, 2.75) is 6.92 Å². The van der Waals surface area contributed by atoms with Gasteiger partial charge in [0.15, 0.2) is 0 Å². The Morgan fingerprint density at radius 2 is 1.84 bits per heavy atom. The van der Waals surface area contributed by atoms with Crippen LogP contribution in [0.15, 0.2) is 59.4 Å². The van der Waals surface area contributed by atoms with Crippen molar-refractivity contribution in [2.75, 3.05) is 10.6 Å². The van der Waals surface area contributed by atoms with E-state index in [-0.39, 0.29) is 11.5 Å². The second-order valence-electron chi connectivity index (χ2n) is 5.53. The number of anilines is 2. The van der Waals surface area contributed by atoms with Gasteiger partial charge in [-0.05, 0) is 30.3 Å². The van der Waals surface area contributed by atoms with Crippen molar-refractivity contribution in [3.05, 3.63) is 75.5 Å². The van der Waals surface area contributed by atoms with Crippen LogP contribution in [0.4, 0.5) is 11.4 Å². The molecule has 0 saturated carbocycles. The predicted molar refractivity (Wildman–Crippen MR) is 100.0 cm³/mol. The van der Waals surface area contributed by atoms with E-state index in [2.05, 4.69) is 22.3 Å². The predicted octanol–water partition coefficient (Wildman–Crippen LogP) is 1.38. The van der Waals surface area contributed by atoms with Crippen molar-refractivity contribution in [2.24, 2.45) is 0 Å². The Morgan fingerprint density at radius 3 is 2.56 bits per heavy atom. The number of carbonyl (C=O) groups is 1. The van der Waals surface area contributed by atoms with E-state index in [1.807, 2.05) is 42.5 Å². The van der Waals surface area contributed by atoms with Crippen molar-refractivity contribution in [1.82, 2.24) is 9.78 Å². The van der Waals surface area contributed by atoms with Crippen LogP contribution in [0.1, 0.15) is 6.92 Å². The molecule has 0 bridgehead atoms. The summed E-state index contributed by atoms with van der Waals surface area (Å²) in [6, 6.07) is 16.5. The molecular weight excluding hydrogens is 316 g/mol. The first-order chi connectivity index (χ1) is 12.0. The molecule has 0 saturated heterocycles. The van der Waals surface area contributed by atoms with Crippen LogP contribution in [-0.4, -0.2) is 15.7 Å². The number of aromatic nitrogens is 2. The first-order valence-electron chi connectivity index (χ1n) is 7.74. The molecule has 25 heavy (non-hydrogen) atoms. The molecule has 3 rings (SSSR count). The molecule has 3 N–H and O–H groups in total. The van der Waals surface area contributed by atoms with E-state index in [1.54, 1.807) is 18.3 Å². The Kier molecular flexibility index (Phi) is 4.52. The zero-order valence-electron chi connectivity index (χ0n) is 13.7. The molecule has 0 aliphatic carbocycles. The van der Waals surface area contributed by atoms with Gasteiger partial charge in [0.2, 0.25) is 5.91 Å². The van der Waals surface area contributed by atoms with Gasteiger partial charge in [0.1, 0.15) is 0 Å². The number of benzene rings is 2. The number of carbonyl (C=O) groups excluding carboxylic acids is 1. The van der Waals surface area contributed by atoms with Crippen LogP contribution in [0.3, 0.4) is 0 Å². The lowest BCUT2D eigenvalue weighted by atomic mass is 10.2. The van der Waals surface area contributed by atoms with E-state index < -0.39 is 0 Å². The van der Waals surface area contributed by atoms with Crippen molar-refractivity contribution < 1.29 is 4.79 Å². The molecule has 126 valence electrons. The van der Waals surface area contributed by atoms with Crippen LogP contribution in [0.25, 0.3) is 18.5 Å². The van der Waals surface area contributed by atoms with Crippen molar-refractivity contribution >= 4 is 30.1 Å². The lowest BCUT2D eigenvalue weighted by Crippen LogP contribution is -2.34. The number of para-hydroxylation sites is 1. The molecule has 1 heterocycles. The minimum absolute atomic E-state index is 0.141.